The predicted octanol–water partition coefficient (Wildman–Crippen LogP) is 2.69. The molecule has 1 saturated carbocycles. The van der Waals surface area contributed by atoms with Gasteiger partial charge >= 0.3 is 0 Å². The van der Waals surface area contributed by atoms with Gasteiger partial charge in [-0.1, -0.05) is 0 Å². The van der Waals surface area contributed by atoms with Gasteiger partial charge in [0.05, 0.1) is 16.6 Å². The van der Waals surface area contributed by atoms with E-state index < -0.39 is 0 Å². The lowest BCUT2D eigenvalue weighted by Crippen LogP contribution is -2.25. The number of fused-ring (bicyclic) bond motifs is 1. The number of carbonyl (C=O) groups is 1. The molecule has 4 rings (SSSR count). The third-order valence-electron chi connectivity index (χ3n) is 4.55. The van der Waals surface area contributed by atoms with Crippen molar-refractivity contribution in [3.05, 3.63) is 23.1 Å². The first-order valence-electron chi connectivity index (χ1n) is 8.55. The number of hydrogen-bond acceptors (Lipinski definition) is 4. The van der Waals surface area contributed by atoms with Crippen molar-refractivity contribution in [2.24, 2.45) is 7.05 Å². The highest BCUT2D eigenvalue weighted by molar-refractivity contribution is 6.07. The van der Waals surface area contributed by atoms with Gasteiger partial charge in [0.25, 0.3) is 5.91 Å². The molecule has 3 aromatic heterocycles. The van der Waals surface area contributed by atoms with E-state index in [1.807, 2.05) is 24.7 Å². The Hall–Kier alpha value is -2.64. The standard InChI is InChI=1S/C17H23N7O/c1-9-13-14(19-20-15(13)23(5)21-9)18-16(25)11-8-12(10-6-7-10)24(22-11)17(2,3)4/h8,10H,6-7H2,1-5H3,(H2,18,19,20,25). The van der Waals surface area contributed by atoms with Crippen LogP contribution in [0.3, 0.4) is 0 Å². The Bertz CT molecular complexity index is 965. The Kier molecular flexibility index (Phi) is 3.28. The van der Waals surface area contributed by atoms with Crippen molar-refractivity contribution < 1.29 is 4.79 Å². The zero-order valence-electron chi connectivity index (χ0n) is 15.2. The molecule has 8 heteroatoms. The number of aromatic nitrogens is 6. The van der Waals surface area contributed by atoms with E-state index >= 15 is 0 Å². The maximum absolute atomic E-state index is 12.7. The number of rotatable bonds is 3. The molecule has 1 aliphatic carbocycles. The number of H-pyrrole nitrogens is 1. The van der Waals surface area contributed by atoms with E-state index in [1.165, 1.54) is 12.8 Å². The Labute approximate surface area is 145 Å². The highest BCUT2D eigenvalue weighted by atomic mass is 16.2. The number of nitrogens with zero attached hydrogens (tertiary/aromatic N) is 5. The highest BCUT2D eigenvalue weighted by Gasteiger charge is 2.32. The van der Waals surface area contributed by atoms with Crippen molar-refractivity contribution in [3.8, 4) is 0 Å². The molecule has 1 amide bonds. The number of aryl methyl sites for hydroxylation is 2. The normalized spacial score (nSPS) is 15.1. The smallest absolute Gasteiger partial charge is 0.277 e. The van der Waals surface area contributed by atoms with Crippen molar-refractivity contribution in [1.82, 2.24) is 29.8 Å². The first kappa shape index (κ1) is 15.9. The molecule has 0 radical (unpaired) electrons. The Morgan fingerprint density at radius 1 is 1.32 bits per heavy atom. The molecule has 3 heterocycles. The van der Waals surface area contributed by atoms with E-state index in [2.05, 4.69) is 46.5 Å². The van der Waals surface area contributed by atoms with Crippen molar-refractivity contribution in [2.45, 2.75) is 52.0 Å². The third-order valence-corrected chi connectivity index (χ3v) is 4.55. The fraction of sp³-hybridized carbons (Fsp3) is 0.529. The zero-order chi connectivity index (χ0) is 17.9. The molecule has 0 aromatic carbocycles. The summed E-state index contributed by atoms with van der Waals surface area (Å²) in [5, 5.41) is 19.8. The summed E-state index contributed by atoms with van der Waals surface area (Å²) in [5.41, 5.74) is 2.95. The van der Waals surface area contributed by atoms with E-state index in [1.54, 1.807) is 4.68 Å². The lowest BCUT2D eigenvalue weighted by atomic mass is 10.1. The van der Waals surface area contributed by atoms with Crippen LogP contribution in [0.5, 0.6) is 0 Å². The van der Waals surface area contributed by atoms with Gasteiger partial charge in [-0.3, -0.25) is 14.6 Å². The topological polar surface area (TPSA) is 93.4 Å². The Morgan fingerprint density at radius 2 is 2.04 bits per heavy atom. The summed E-state index contributed by atoms with van der Waals surface area (Å²) >= 11 is 0. The molecule has 0 spiro atoms. The zero-order valence-corrected chi connectivity index (χ0v) is 15.2. The van der Waals surface area contributed by atoms with Gasteiger partial charge in [0, 0.05) is 18.7 Å². The van der Waals surface area contributed by atoms with Crippen LogP contribution in [0.15, 0.2) is 6.07 Å². The van der Waals surface area contributed by atoms with Gasteiger partial charge in [0.2, 0.25) is 0 Å². The van der Waals surface area contributed by atoms with Gasteiger partial charge in [-0.15, -0.1) is 0 Å². The number of anilines is 1. The molecule has 0 atom stereocenters. The third kappa shape index (κ3) is 2.61. The second kappa shape index (κ2) is 5.18. The first-order valence-corrected chi connectivity index (χ1v) is 8.55. The van der Waals surface area contributed by atoms with Gasteiger partial charge in [-0.25, -0.2) is 4.68 Å². The molecule has 0 saturated heterocycles. The second-order valence-electron chi connectivity index (χ2n) is 7.77. The minimum Gasteiger partial charge on any atom is -0.305 e. The summed E-state index contributed by atoms with van der Waals surface area (Å²) in [7, 11) is 1.83. The average Bonchev–Trinajstić information content (AvgIpc) is 3.01. The molecule has 8 nitrogen and oxygen atoms in total. The molecular formula is C17H23N7O. The minimum atomic E-state index is -0.237. The van der Waals surface area contributed by atoms with E-state index in [4.69, 9.17) is 0 Å². The van der Waals surface area contributed by atoms with Gasteiger partial charge in [0.1, 0.15) is 5.82 Å². The predicted molar refractivity (Wildman–Crippen MR) is 94.7 cm³/mol. The summed E-state index contributed by atoms with van der Waals surface area (Å²) in [6, 6.07) is 1.92. The molecule has 25 heavy (non-hydrogen) atoms. The van der Waals surface area contributed by atoms with Gasteiger partial charge < -0.3 is 5.32 Å². The summed E-state index contributed by atoms with van der Waals surface area (Å²) in [4.78, 5) is 12.7. The molecular weight excluding hydrogens is 318 g/mol. The number of amides is 1. The van der Waals surface area contributed by atoms with Crippen molar-refractivity contribution in [2.75, 3.05) is 5.32 Å². The van der Waals surface area contributed by atoms with Crippen LogP contribution in [0.2, 0.25) is 0 Å². The number of nitrogens with one attached hydrogen (secondary N) is 2. The number of aromatic amines is 1. The number of carbonyl (C=O) groups excluding carboxylic acids is 1. The molecule has 0 unspecified atom stereocenters. The largest absolute Gasteiger partial charge is 0.305 e. The summed E-state index contributed by atoms with van der Waals surface area (Å²) in [5.74, 6) is 0.843. The molecule has 1 fully saturated rings. The summed E-state index contributed by atoms with van der Waals surface area (Å²) < 4.78 is 3.67. The second-order valence-corrected chi connectivity index (χ2v) is 7.77. The molecule has 3 aromatic rings. The lowest BCUT2D eigenvalue weighted by Gasteiger charge is -2.22. The van der Waals surface area contributed by atoms with Gasteiger partial charge in [-0.05, 0) is 46.6 Å². The van der Waals surface area contributed by atoms with Crippen LogP contribution in [0, 0.1) is 6.92 Å². The van der Waals surface area contributed by atoms with Crippen LogP contribution in [0.4, 0.5) is 5.82 Å². The van der Waals surface area contributed by atoms with Crippen LogP contribution in [0.1, 0.15) is 61.4 Å². The van der Waals surface area contributed by atoms with Gasteiger partial charge in [-0.2, -0.15) is 15.3 Å². The molecule has 132 valence electrons. The van der Waals surface area contributed by atoms with E-state index in [-0.39, 0.29) is 11.4 Å². The highest BCUT2D eigenvalue weighted by Crippen LogP contribution is 2.41. The average molecular weight is 341 g/mol. The van der Waals surface area contributed by atoms with Crippen molar-refractivity contribution >= 4 is 22.8 Å². The van der Waals surface area contributed by atoms with Crippen molar-refractivity contribution in [3.63, 3.8) is 0 Å². The molecule has 1 aliphatic rings. The van der Waals surface area contributed by atoms with Crippen LogP contribution in [-0.2, 0) is 12.6 Å². The van der Waals surface area contributed by atoms with Crippen LogP contribution < -0.4 is 5.32 Å². The van der Waals surface area contributed by atoms with E-state index in [9.17, 15) is 4.79 Å². The maximum Gasteiger partial charge on any atom is 0.277 e. The van der Waals surface area contributed by atoms with E-state index in [0.717, 1.165) is 16.8 Å². The SMILES string of the molecule is Cc1nn(C)c2n[nH]c(NC(=O)c3cc(C4CC4)n(C(C)(C)C)n3)c12. The number of hydrogen-bond donors (Lipinski definition) is 2. The Balaban J connectivity index is 1.67. The molecule has 2 N–H and O–H groups in total. The summed E-state index contributed by atoms with van der Waals surface area (Å²) in [6.07, 6.45) is 2.33. The fourth-order valence-electron chi connectivity index (χ4n) is 3.21. The lowest BCUT2D eigenvalue weighted by molar-refractivity contribution is 0.102. The van der Waals surface area contributed by atoms with Crippen LogP contribution in [-0.4, -0.2) is 35.7 Å². The first-order chi connectivity index (χ1) is 11.8. The fourth-order valence-corrected chi connectivity index (χ4v) is 3.21. The van der Waals surface area contributed by atoms with Gasteiger partial charge in [0.15, 0.2) is 11.3 Å². The summed E-state index contributed by atoms with van der Waals surface area (Å²) in [6.45, 7) is 8.20. The molecule has 0 bridgehead atoms. The van der Waals surface area contributed by atoms with E-state index in [0.29, 0.717) is 23.1 Å². The molecule has 0 aliphatic heterocycles. The maximum atomic E-state index is 12.7. The van der Waals surface area contributed by atoms with Crippen LogP contribution in [0.25, 0.3) is 11.0 Å². The Morgan fingerprint density at radius 3 is 2.68 bits per heavy atom. The monoisotopic (exact) mass is 341 g/mol. The van der Waals surface area contributed by atoms with Crippen LogP contribution >= 0.6 is 0 Å². The van der Waals surface area contributed by atoms with Crippen molar-refractivity contribution in [1.29, 1.82) is 0 Å². The quantitative estimate of drug-likeness (QED) is 0.766. The minimum absolute atomic E-state index is 0.155.